The normalized spacial score (nSPS) is 25.5. The number of nitrogens with one attached hydrogen (secondary N) is 1. The second-order valence-corrected chi connectivity index (χ2v) is 7.78. The van der Waals surface area contributed by atoms with Gasteiger partial charge in [0.15, 0.2) is 0 Å². The Morgan fingerprint density at radius 1 is 1.15 bits per heavy atom. The molecule has 0 radical (unpaired) electrons. The van der Waals surface area contributed by atoms with Gasteiger partial charge in [-0.3, -0.25) is 10.2 Å². The van der Waals surface area contributed by atoms with E-state index in [2.05, 4.69) is 20.3 Å². The minimum absolute atomic E-state index is 0.0733. The van der Waals surface area contributed by atoms with Crippen LogP contribution in [0.2, 0.25) is 0 Å². The average Bonchev–Trinajstić information content (AvgIpc) is 3.33. The van der Waals surface area contributed by atoms with Gasteiger partial charge in [0.25, 0.3) is 0 Å². The summed E-state index contributed by atoms with van der Waals surface area (Å²) in [6.45, 7) is 6.34. The highest BCUT2D eigenvalue weighted by atomic mass is 16.5. The van der Waals surface area contributed by atoms with Gasteiger partial charge in [0.1, 0.15) is 6.33 Å². The fourth-order valence-electron chi connectivity index (χ4n) is 4.34. The zero-order valence-electron chi connectivity index (χ0n) is 15.5. The molecule has 3 heterocycles. The van der Waals surface area contributed by atoms with Gasteiger partial charge < -0.3 is 9.64 Å². The molecular weight excluding hydrogens is 332 g/mol. The molecule has 144 valence electrons. The number of morpholine rings is 1. The van der Waals surface area contributed by atoms with E-state index in [0.717, 1.165) is 65.2 Å². The molecule has 2 saturated heterocycles. The molecule has 0 aromatic carbocycles. The van der Waals surface area contributed by atoms with Crippen LogP contribution >= 0.6 is 0 Å². The minimum Gasteiger partial charge on any atom is -0.379 e. The number of hydrogen-bond acceptors (Lipinski definition) is 5. The molecule has 3 fully saturated rings. The minimum atomic E-state index is -0.0733. The van der Waals surface area contributed by atoms with Gasteiger partial charge in [-0.05, 0) is 25.2 Å². The lowest BCUT2D eigenvalue weighted by molar-refractivity contribution is 0.0314. The van der Waals surface area contributed by atoms with E-state index in [9.17, 15) is 4.79 Å². The first kappa shape index (κ1) is 17.7. The van der Waals surface area contributed by atoms with Crippen LogP contribution in [0, 0.1) is 5.92 Å². The maximum Gasteiger partial charge on any atom is 0.324 e. The first-order valence-corrected chi connectivity index (χ1v) is 10.0. The molecule has 1 aliphatic carbocycles. The third-order valence-electron chi connectivity index (χ3n) is 5.87. The summed E-state index contributed by atoms with van der Waals surface area (Å²) in [7, 11) is 0. The van der Waals surface area contributed by atoms with Gasteiger partial charge in [-0.2, -0.15) is 0 Å². The van der Waals surface area contributed by atoms with Crippen LogP contribution in [0.1, 0.15) is 44.6 Å². The molecule has 1 saturated carbocycles. The highest BCUT2D eigenvalue weighted by molar-refractivity contribution is 5.87. The SMILES string of the molecule is O=C(Nc1ncn(C2CCCCC2)n1)N1CCC(CN2CCOCC2)C1. The molecule has 1 aromatic heterocycles. The summed E-state index contributed by atoms with van der Waals surface area (Å²) in [6.07, 6.45) is 8.97. The summed E-state index contributed by atoms with van der Waals surface area (Å²) in [4.78, 5) is 21.2. The molecule has 1 aromatic rings. The largest absolute Gasteiger partial charge is 0.379 e. The van der Waals surface area contributed by atoms with Crippen molar-refractivity contribution in [2.24, 2.45) is 5.92 Å². The lowest BCUT2D eigenvalue weighted by Crippen LogP contribution is -2.40. The van der Waals surface area contributed by atoms with Crippen molar-refractivity contribution in [3.8, 4) is 0 Å². The molecule has 2 aliphatic heterocycles. The van der Waals surface area contributed by atoms with E-state index in [0.29, 0.717) is 17.9 Å². The number of rotatable bonds is 4. The van der Waals surface area contributed by atoms with E-state index >= 15 is 0 Å². The van der Waals surface area contributed by atoms with Crippen molar-refractivity contribution < 1.29 is 9.53 Å². The molecule has 0 bridgehead atoms. The smallest absolute Gasteiger partial charge is 0.324 e. The highest BCUT2D eigenvalue weighted by Crippen LogP contribution is 2.27. The molecule has 4 rings (SSSR count). The molecule has 3 aliphatic rings. The van der Waals surface area contributed by atoms with Crippen LogP contribution in [0.15, 0.2) is 6.33 Å². The van der Waals surface area contributed by atoms with Crippen LogP contribution in [-0.4, -0.2) is 76.5 Å². The number of ether oxygens (including phenoxy) is 1. The van der Waals surface area contributed by atoms with Crippen molar-refractivity contribution in [1.82, 2.24) is 24.6 Å². The van der Waals surface area contributed by atoms with Crippen molar-refractivity contribution in [2.75, 3.05) is 51.3 Å². The molecule has 1 N–H and O–H groups in total. The van der Waals surface area contributed by atoms with Crippen molar-refractivity contribution >= 4 is 12.0 Å². The summed E-state index contributed by atoms with van der Waals surface area (Å²) in [5, 5.41) is 7.36. The average molecular weight is 362 g/mol. The second-order valence-electron chi connectivity index (χ2n) is 7.78. The van der Waals surface area contributed by atoms with E-state index in [1.54, 1.807) is 6.33 Å². The van der Waals surface area contributed by atoms with Gasteiger partial charge in [-0.15, -0.1) is 5.10 Å². The zero-order chi connectivity index (χ0) is 17.8. The monoisotopic (exact) mass is 362 g/mol. The zero-order valence-corrected chi connectivity index (χ0v) is 15.5. The lowest BCUT2D eigenvalue weighted by Gasteiger charge is -2.29. The van der Waals surface area contributed by atoms with Gasteiger partial charge in [-0.25, -0.2) is 14.5 Å². The number of carbonyl (C=O) groups is 1. The molecule has 1 atom stereocenters. The maximum absolute atomic E-state index is 12.5. The van der Waals surface area contributed by atoms with Gasteiger partial charge in [0.2, 0.25) is 5.95 Å². The number of likely N-dealkylation sites (tertiary alicyclic amines) is 1. The quantitative estimate of drug-likeness (QED) is 0.886. The lowest BCUT2D eigenvalue weighted by atomic mass is 9.96. The maximum atomic E-state index is 12.5. The van der Waals surface area contributed by atoms with Crippen molar-refractivity contribution in [2.45, 2.75) is 44.6 Å². The molecular formula is C18H30N6O2. The summed E-state index contributed by atoms with van der Waals surface area (Å²) in [5.74, 6) is 0.976. The standard InChI is InChI=1S/C18H30N6O2/c25-18(20-17-19-14-24(21-17)16-4-2-1-3-5-16)23-7-6-15(13-23)12-22-8-10-26-11-9-22/h14-16H,1-13H2,(H,20,21,25). The predicted molar refractivity (Wildman–Crippen MR) is 98.1 cm³/mol. The van der Waals surface area contributed by atoms with E-state index in [1.165, 1.54) is 19.3 Å². The number of hydrogen-bond donors (Lipinski definition) is 1. The van der Waals surface area contributed by atoms with Crippen LogP contribution in [0.4, 0.5) is 10.7 Å². The van der Waals surface area contributed by atoms with Crippen LogP contribution in [0.3, 0.4) is 0 Å². The molecule has 2 amide bonds. The van der Waals surface area contributed by atoms with Crippen molar-refractivity contribution in [3.05, 3.63) is 6.33 Å². The van der Waals surface area contributed by atoms with Gasteiger partial charge in [0, 0.05) is 32.7 Å². The Hall–Kier alpha value is -1.67. The van der Waals surface area contributed by atoms with Crippen molar-refractivity contribution in [3.63, 3.8) is 0 Å². The molecule has 1 unspecified atom stereocenters. The van der Waals surface area contributed by atoms with Crippen LogP contribution in [0.25, 0.3) is 0 Å². The van der Waals surface area contributed by atoms with Gasteiger partial charge in [0.05, 0.1) is 19.3 Å². The number of carbonyl (C=O) groups excluding carboxylic acids is 1. The van der Waals surface area contributed by atoms with Crippen LogP contribution < -0.4 is 5.32 Å². The number of anilines is 1. The van der Waals surface area contributed by atoms with Crippen LogP contribution in [0.5, 0.6) is 0 Å². The van der Waals surface area contributed by atoms with E-state index in [1.807, 2.05) is 9.58 Å². The Labute approximate surface area is 154 Å². The van der Waals surface area contributed by atoms with E-state index < -0.39 is 0 Å². The highest BCUT2D eigenvalue weighted by Gasteiger charge is 2.28. The Bertz CT molecular complexity index is 594. The van der Waals surface area contributed by atoms with E-state index in [4.69, 9.17) is 4.74 Å². The summed E-state index contributed by atoms with van der Waals surface area (Å²) in [6, 6.07) is 0.363. The predicted octanol–water partition coefficient (Wildman–Crippen LogP) is 1.97. The topological polar surface area (TPSA) is 75.5 Å². The molecule has 26 heavy (non-hydrogen) atoms. The fourth-order valence-corrected chi connectivity index (χ4v) is 4.34. The summed E-state index contributed by atoms with van der Waals surface area (Å²) < 4.78 is 7.33. The fraction of sp³-hybridized carbons (Fsp3) is 0.833. The molecule has 8 heteroatoms. The van der Waals surface area contributed by atoms with Crippen LogP contribution in [-0.2, 0) is 4.74 Å². The number of nitrogens with zero attached hydrogens (tertiary/aromatic N) is 5. The Kier molecular flexibility index (Phi) is 5.69. The third kappa shape index (κ3) is 4.35. The second kappa shape index (κ2) is 8.35. The van der Waals surface area contributed by atoms with Crippen molar-refractivity contribution in [1.29, 1.82) is 0 Å². The van der Waals surface area contributed by atoms with Gasteiger partial charge >= 0.3 is 6.03 Å². The molecule has 8 nitrogen and oxygen atoms in total. The van der Waals surface area contributed by atoms with E-state index in [-0.39, 0.29) is 6.03 Å². The first-order valence-electron chi connectivity index (χ1n) is 10.0. The summed E-state index contributed by atoms with van der Waals surface area (Å²) >= 11 is 0. The third-order valence-corrected chi connectivity index (χ3v) is 5.87. The Balaban J connectivity index is 1.25. The first-order chi connectivity index (χ1) is 12.8. The summed E-state index contributed by atoms with van der Waals surface area (Å²) in [5.41, 5.74) is 0. The number of urea groups is 1. The molecule has 0 spiro atoms. The Morgan fingerprint density at radius 2 is 1.96 bits per heavy atom. The Morgan fingerprint density at radius 3 is 2.77 bits per heavy atom. The number of aromatic nitrogens is 3. The van der Waals surface area contributed by atoms with Gasteiger partial charge in [-0.1, -0.05) is 19.3 Å². The number of amides is 2.